The second kappa shape index (κ2) is 3.24. The Labute approximate surface area is 96.0 Å². The van der Waals surface area contributed by atoms with E-state index in [1.807, 2.05) is 0 Å². The van der Waals surface area contributed by atoms with Gasteiger partial charge in [-0.3, -0.25) is 0 Å². The van der Waals surface area contributed by atoms with Crippen LogP contribution in [0.15, 0.2) is 36.4 Å². The molecule has 0 unspecified atom stereocenters. The van der Waals surface area contributed by atoms with E-state index < -0.39 is 0 Å². The maximum atomic E-state index is 5.95. The van der Waals surface area contributed by atoms with Crippen molar-refractivity contribution in [2.75, 3.05) is 6.61 Å². The number of ether oxygens (including phenoxy) is 1. The molecule has 2 aromatic rings. The number of hydrogen-bond donors (Lipinski definition) is 0. The topological polar surface area (TPSA) is 9.23 Å². The number of fused-ring (bicyclic) bond motifs is 3. The van der Waals surface area contributed by atoms with E-state index in [1.165, 1.54) is 16.3 Å². The SMILES string of the molecule is CC1(C)COc2c(ccc3ccccc23)C1. The zero-order chi connectivity index (χ0) is 11.2. The molecule has 0 N–H and O–H groups in total. The summed E-state index contributed by atoms with van der Waals surface area (Å²) < 4.78 is 5.95. The Kier molecular flexibility index (Phi) is 1.97. The highest BCUT2D eigenvalue weighted by Crippen LogP contribution is 2.38. The third-order valence-corrected chi connectivity index (χ3v) is 3.24. The maximum absolute atomic E-state index is 5.95. The largest absolute Gasteiger partial charge is 0.492 e. The van der Waals surface area contributed by atoms with Gasteiger partial charge in [0.05, 0.1) is 6.61 Å². The van der Waals surface area contributed by atoms with Crippen LogP contribution in [-0.4, -0.2) is 6.61 Å². The lowest BCUT2D eigenvalue weighted by Gasteiger charge is -2.32. The van der Waals surface area contributed by atoms with Gasteiger partial charge >= 0.3 is 0 Å². The number of benzene rings is 2. The Morgan fingerprint density at radius 1 is 1.06 bits per heavy atom. The molecular formula is C15H16O. The standard InChI is InChI=1S/C15H16O/c1-15(2)9-12-8-7-11-5-3-4-6-13(11)14(12)16-10-15/h3-8H,9-10H2,1-2H3. The van der Waals surface area contributed by atoms with Gasteiger partial charge in [0, 0.05) is 10.8 Å². The summed E-state index contributed by atoms with van der Waals surface area (Å²) in [7, 11) is 0. The Hall–Kier alpha value is -1.50. The van der Waals surface area contributed by atoms with E-state index in [4.69, 9.17) is 4.74 Å². The fourth-order valence-corrected chi connectivity index (χ4v) is 2.43. The third kappa shape index (κ3) is 1.47. The van der Waals surface area contributed by atoms with E-state index in [1.54, 1.807) is 0 Å². The highest BCUT2D eigenvalue weighted by Gasteiger charge is 2.27. The molecule has 0 saturated heterocycles. The van der Waals surface area contributed by atoms with Crippen LogP contribution in [0, 0.1) is 5.41 Å². The lowest BCUT2D eigenvalue weighted by molar-refractivity contribution is 0.157. The van der Waals surface area contributed by atoms with Crippen LogP contribution in [0.2, 0.25) is 0 Å². The van der Waals surface area contributed by atoms with Crippen molar-refractivity contribution in [3.05, 3.63) is 42.0 Å². The van der Waals surface area contributed by atoms with Crippen molar-refractivity contribution in [3.63, 3.8) is 0 Å². The lowest BCUT2D eigenvalue weighted by atomic mass is 9.83. The van der Waals surface area contributed by atoms with Crippen molar-refractivity contribution in [2.45, 2.75) is 20.3 Å². The molecule has 1 heteroatoms. The van der Waals surface area contributed by atoms with Crippen LogP contribution in [0.5, 0.6) is 5.75 Å². The minimum atomic E-state index is 0.259. The molecule has 0 bridgehead atoms. The van der Waals surface area contributed by atoms with Crippen molar-refractivity contribution in [3.8, 4) is 5.75 Å². The lowest BCUT2D eigenvalue weighted by Crippen LogP contribution is -2.28. The molecule has 3 rings (SSSR count). The van der Waals surface area contributed by atoms with Crippen molar-refractivity contribution >= 4 is 10.8 Å². The molecule has 1 nitrogen and oxygen atoms in total. The first-order valence-electron chi connectivity index (χ1n) is 5.79. The van der Waals surface area contributed by atoms with Crippen molar-refractivity contribution in [1.29, 1.82) is 0 Å². The van der Waals surface area contributed by atoms with Gasteiger partial charge in [0.15, 0.2) is 0 Å². The fourth-order valence-electron chi connectivity index (χ4n) is 2.43. The summed E-state index contributed by atoms with van der Waals surface area (Å²) in [4.78, 5) is 0. The van der Waals surface area contributed by atoms with Gasteiger partial charge in [-0.2, -0.15) is 0 Å². The zero-order valence-corrected chi connectivity index (χ0v) is 9.79. The van der Waals surface area contributed by atoms with Gasteiger partial charge in [0.2, 0.25) is 0 Å². The zero-order valence-electron chi connectivity index (χ0n) is 9.79. The van der Waals surface area contributed by atoms with Crippen molar-refractivity contribution in [1.82, 2.24) is 0 Å². The number of hydrogen-bond acceptors (Lipinski definition) is 1. The first kappa shape index (κ1) is 9.71. The molecule has 1 aliphatic rings. The van der Waals surface area contributed by atoms with E-state index in [0.717, 1.165) is 18.8 Å². The first-order valence-corrected chi connectivity index (χ1v) is 5.79. The van der Waals surface area contributed by atoms with Gasteiger partial charge in [-0.1, -0.05) is 50.2 Å². The normalized spacial score (nSPS) is 17.9. The fraction of sp³-hybridized carbons (Fsp3) is 0.333. The van der Waals surface area contributed by atoms with Crippen LogP contribution in [0.1, 0.15) is 19.4 Å². The van der Waals surface area contributed by atoms with E-state index in [0.29, 0.717) is 0 Å². The van der Waals surface area contributed by atoms with Gasteiger partial charge in [0.25, 0.3) is 0 Å². The highest BCUT2D eigenvalue weighted by molar-refractivity contribution is 5.89. The summed E-state index contributed by atoms with van der Waals surface area (Å²) in [6.45, 7) is 5.32. The number of rotatable bonds is 0. The summed E-state index contributed by atoms with van der Waals surface area (Å²) >= 11 is 0. The Bertz CT molecular complexity index is 540. The van der Waals surface area contributed by atoms with Gasteiger partial charge < -0.3 is 4.74 Å². The minimum Gasteiger partial charge on any atom is -0.492 e. The molecule has 0 atom stereocenters. The van der Waals surface area contributed by atoms with Crippen LogP contribution in [0.25, 0.3) is 10.8 Å². The van der Waals surface area contributed by atoms with Crippen LogP contribution in [0.4, 0.5) is 0 Å². The maximum Gasteiger partial charge on any atom is 0.130 e. The third-order valence-electron chi connectivity index (χ3n) is 3.24. The Balaban J connectivity index is 2.22. The average Bonchev–Trinajstić information content (AvgIpc) is 2.27. The molecule has 82 valence electrons. The smallest absolute Gasteiger partial charge is 0.130 e. The molecule has 0 spiro atoms. The first-order chi connectivity index (χ1) is 7.66. The Morgan fingerprint density at radius 2 is 1.88 bits per heavy atom. The van der Waals surface area contributed by atoms with Gasteiger partial charge in [0.1, 0.15) is 5.75 Å². The van der Waals surface area contributed by atoms with Gasteiger partial charge in [-0.05, 0) is 17.4 Å². The van der Waals surface area contributed by atoms with Gasteiger partial charge in [-0.15, -0.1) is 0 Å². The molecule has 0 amide bonds. The molecule has 1 aliphatic heterocycles. The molecule has 1 heterocycles. The van der Waals surface area contributed by atoms with Crippen molar-refractivity contribution < 1.29 is 4.74 Å². The molecule has 0 saturated carbocycles. The molecule has 0 radical (unpaired) electrons. The van der Waals surface area contributed by atoms with E-state index >= 15 is 0 Å². The second-order valence-electron chi connectivity index (χ2n) is 5.40. The van der Waals surface area contributed by atoms with Crippen LogP contribution >= 0.6 is 0 Å². The van der Waals surface area contributed by atoms with Gasteiger partial charge in [-0.25, -0.2) is 0 Å². The Morgan fingerprint density at radius 3 is 2.75 bits per heavy atom. The molecule has 0 aromatic heterocycles. The minimum absolute atomic E-state index is 0.259. The molecular weight excluding hydrogens is 196 g/mol. The molecule has 0 aliphatic carbocycles. The van der Waals surface area contributed by atoms with E-state index in [-0.39, 0.29) is 5.41 Å². The summed E-state index contributed by atoms with van der Waals surface area (Å²) in [5, 5.41) is 2.51. The monoisotopic (exact) mass is 212 g/mol. The highest BCUT2D eigenvalue weighted by atomic mass is 16.5. The van der Waals surface area contributed by atoms with Crippen LogP contribution in [0.3, 0.4) is 0 Å². The molecule has 0 fully saturated rings. The predicted octanol–water partition coefficient (Wildman–Crippen LogP) is 3.80. The van der Waals surface area contributed by atoms with Crippen molar-refractivity contribution in [2.24, 2.45) is 5.41 Å². The van der Waals surface area contributed by atoms with Crippen LogP contribution in [-0.2, 0) is 6.42 Å². The van der Waals surface area contributed by atoms with E-state index in [2.05, 4.69) is 50.2 Å². The quantitative estimate of drug-likeness (QED) is 0.645. The van der Waals surface area contributed by atoms with Crippen LogP contribution < -0.4 is 4.74 Å². The predicted molar refractivity (Wildman–Crippen MR) is 66.9 cm³/mol. The summed E-state index contributed by atoms with van der Waals surface area (Å²) in [6, 6.07) is 12.8. The summed E-state index contributed by atoms with van der Waals surface area (Å²) in [5.41, 5.74) is 1.60. The summed E-state index contributed by atoms with van der Waals surface area (Å²) in [6.07, 6.45) is 1.10. The average molecular weight is 212 g/mol. The summed E-state index contributed by atoms with van der Waals surface area (Å²) in [5.74, 6) is 1.09. The molecule has 16 heavy (non-hydrogen) atoms. The molecule has 2 aromatic carbocycles. The second-order valence-corrected chi connectivity index (χ2v) is 5.40. The van der Waals surface area contributed by atoms with E-state index in [9.17, 15) is 0 Å².